The third-order valence-electron chi connectivity index (χ3n) is 6.11. The zero-order valence-corrected chi connectivity index (χ0v) is 25.4. The predicted octanol–water partition coefficient (Wildman–Crippen LogP) is 2.53. The van der Waals surface area contributed by atoms with E-state index < -0.39 is 42.5 Å². The number of carbonyl (C=O) groups excluding carboxylic acids is 1. The largest absolute Gasteiger partial charge is 0.505 e. The monoisotopic (exact) mass is 615 g/mol. The number of aliphatic hydroxyl groups is 3. The van der Waals surface area contributed by atoms with Crippen molar-refractivity contribution in [2.24, 2.45) is 5.41 Å². The zero-order valence-electron chi connectivity index (χ0n) is 23.7. The fourth-order valence-electron chi connectivity index (χ4n) is 3.35. The number of methoxy groups -OCH3 is 1. The molecule has 228 valence electrons. The molecule has 1 aromatic heterocycles. The Morgan fingerprint density at radius 3 is 2.44 bits per heavy atom. The topological polar surface area (TPSA) is 189 Å². The van der Waals surface area contributed by atoms with Crippen LogP contribution in [0.1, 0.15) is 38.3 Å². The maximum atomic E-state index is 13.6. The van der Waals surface area contributed by atoms with E-state index in [-0.39, 0.29) is 48.4 Å². The number of benzene rings is 1. The summed E-state index contributed by atoms with van der Waals surface area (Å²) >= 11 is 0.911. The minimum absolute atomic E-state index is 0.0880. The lowest BCUT2D eigenvalue weighted by atomic mass is 9.97. The lowest BCUT2D eigenvalue weighted by Gasteiger charge is -2.30. The third-order valence-corrected chi connectivity index (χ3v) is 8.83. The molecule has 41 heavy (non-hydrogen) atoms. The number of rotatable bonds is 16. The van der Waals surface area contributed by atoms with Gasteiger partial charge in [0.05, 0.1) is 25.7 Å². The van der Waals surface area contributed by atoms with E-state index in [1.807, 2.05) is 6.07 Å². The highest BCUT2D eigenvalue weighted by molar-refractivity contribution is 8.13. The van der Waals surface area contributed by atoms with Crippen molar-refractivity contribution in [1.82, 2.24) is 14.6 Å². The summed E-state index contributed by atoms with van der Waals surface area (Å²) in [5.41, 5.74) is -4.02. The van der Waals surface area contributed by atoms with Gasteiger partial charge in [0, 0.05) is 30.5 Å². The molecule has 0 saturated heterocycles. The lowest BCUT2D eigenvalue weighted by Crippen LogP contribution is -2.46. The molecule has 0 fully saturated rings. The Labute approximate surface area is 242 Å². The van der Waals surface area contributed by atoms with Gasteiger partial charge in [-0.3, -0.25) is 28.2 Å². The lowest BCUT2D eigenvalue weighted by molar-refractivity contribution is -0.119. The Morgan fingerprint density at radius 1 is 1.20 bits per heavy atom. The van der Waals surface area contributed by atoms with Gasteiger partial charge in [-0.05, 0) is 26.3 Å². The summed E-state index contributed by atoms with van der Waals surface area (Å²) in [7, 11) is -2.92. The van der Waals surface area contributed by atoms with Gasteiger partial charge in [0.25, 0.3) is 5.56 Å². The SMILES string of the molecule is CC[C@](O)(/C(O)=C(/COP(=O)(NCc1ccccc1)OCCSC(=O)C(C)(C)CO)OC)n1cc(C)c(=O)[nH]c1=O. The Kier molecular flexibility index (Phi) is 12.6. The summed E-state index contributed by atoms with van der Waals surface area (Å²) in [6, 6.07) is 9.00. The van der Waals surface area contributed by atoms with Crippen LogP contribution in [0.2, 0.25) is 0 Å². The van der Waals surface area contributed by atoms with Crippen LogP contribution < -0.4 is 16.3 Å². The van der Waals surface area contributed by atoms with Crippen LogP contribution in [0.5, 0.6) is 0 Å². The van der Waals surface area contributed by atoms with Crippen molar-refractivity contribution in [1.29, 1.82) is 0 Å². The van der Waals surface area contributed by atoms with Crippen LogP contribution >= 0.6 is 19.5 Å². The summed E-state index contributed by atoms with van der Waals surface area (Å²) < 4.78 is 30.7. The molecule has 15 heteroatoms. The van der Waals surface area contributed by atoms with Gasteiger partial charge in [0.15, 0.2) is 16.6 Å². The van der Waals surface area contributed by atoms with E-state index in [1.54, 1.807) is 38.1 Å². The smallest absolute Gasteiger partial charge is 0.406 e. The number of aromatic nitrogens is 2. The maximum absolute atomic E-state index is 13.6. The third kappa shape index (κ3) is 9.14. The van der Waals surface area contributed by atoms with E-state index in [4.69, 9.17) is 13.8 Å². The first-order valence-electron chi connectivity index (χ1n) is 12.7. The van der Waals surface area contributed by atoms with Gasteiger partial charge in [-0.15, -0.1) is 0 Å². The standard InChI is InChI=1S/C26H38N3O10PS/c1-6-26(35,29-15-18(2)22(32)28-24(29)34)21(31)20(37-5)16-39-40(36,27-14-19-10-8-7-9-11-19)38-12-13-41-23(33)25(3,4)17-30/h7-11,15,30-31,35H,6,12-14,16-17H2,1-5H3,(H,27,36)(H,28,32,34)/b21-20+/t26-,40?/m0/s1. The second kappa shape index (κ2) is 15.0. The average molecular weight is 616 g/mol. The molecule has 2 aromatic rings. The summed E-state index contributed by atoms with van der Waals surface area (Å²) in [5.74, 6) is -1.05. The number of nitrogens with one attached hydrogen (secondary N) is 2. The minimum atomic E-state index is -4.10. The number of aryl methyl sites for hydroxylation is 1. The fourth-order valence-corrected chi connectivity index (χ4v) is 5.53. The number of hydrogen-bond acceptors (Lipinski definition) is 11. The van der Waals surface area contributed by atoms with E-state index in [2.05, 4.69) is 10.1 Å². The number of nitrogens with zero attached hydrogens (tertiary/aromatic N) is 1. The normalized spacial score (nSPS) is 15.5. The van der Waals surface area contributed by atoms with E-state index in [0.29, 0.717) is 0 Å². The number of aromatic amines is 1. The fraction of sp³-hybridized carbons (Fsp3) is 0.500. The molecule has 0 aliphatic carbocycles. The molecule has 2 atom stereocenters. The first-order chi connectivity index (χ1) is 19.2. The van der Waals surface area contributed by atoms with Gasteiger partial charge in [0.2, 0.25) is 5.72 Å². The van der Waals surface area contributed by atoms with E-state index >= 15 is 0 Å². The van der Waals surface area contributed by atoms with Crippen molar-refractivity contribution < 1.29 is 38.5 Å². The van der Waals surface area contributed by atoms with Crippen molar-refractivity contribution in [2.75, 3.05) is 32.7 Å². The van der Waals surface area contributed by atoms with E-state index in [0.717, 1.165) is 28.1 Å². The average Bonchev–Trinajstić information content (AvgIpc) is 2.96. The predicted molar refractivity (Wildman–Crippen MR) is 154 cm³/mol. The van der Waals surface area contributed by atoms with Crippen LogP contribution in [0.25, 0.3) is 0 Å². The molecule has 13 nitrogen and oxygen atoms in total. The van der Waals surface area contributed by atoms with Gasteiger partial charge >= 0.3 is 13.4 Å². The molecule has 0 bridgehead atoms. The highest BCUT2D eigenvalue weighted by Gasteiger charge is 2.38. The number of hydrogen-bond donors (Lipinski definition) is 5. The molecular formula is C26H38N3O10PS. The molecule has 0 radical (unpaired) electrons. The van der Waals surface area contributed by atoms with Gasteiger partial charge in [0.1, 0.15) is 6.61 Å². The Bertz CT molecular complexity index is 1380. The summed E-state index contributed by atoms with van der Waals surface area (Å²) in [4.78, 5) is 38.6. The molecule has 1 aromatic carbocycles. The zero-order chi connectivity index (χ0) is 30.8. The molecule has 1 heterocycles. The molecule has 0 aliphatic rings. The Hall–Kier alpha value is -2.71. The number of carbonyl (C=O) groups is 1. The number of thioether (sulfide) groups is 1. The van der Waals surface area contributed by atoms with Gasteiger partial charge in [-0.1, -0.05) is 49.0 Å². The number of H-pyrrole nitrogens is 1. The van der Waals surface area contributed by atoms with Crippen molar-refractivity contribution in [3.63, 3.8) is 0 Å². The van der Waals surface area contributed by atoms with Crippen LogP contribution in [0, 0.1) is 12.3 Å². The maximum Gasteiger partial charge on any atom is 0.406 e. The molecule has 1 unspecified atom stereocenters. The Morgan fingerprint density at radius 2 is 1.85 bits per heavy atom. The number of aliphatic hydroxyl groups excluding tert-OH is 2. The molecule has 5 N–H and O–H groups in total. The molecular weight excluding hydrogens is 577 g/mol. The van der Waals surface area contributed by atoms with E-state index in [1.165, 1.54) is 21.0 Å². The van der Waals surface area contributed by atoms with Crippen molar-refractivity contribution in [3.05, 3.63) is 80.0 Å². The van der Waals surface area contributed by atoms with Crippen molar-refractivity contribution in [3.8, 4) is 0 Å². The van der Waals surface area contributed by atoms with Gasteiger partial charge in [-0.25, -0.2) is 14.4 Å². The highest BCUT2D eigenvalue weighted by Crippen LogP contribution is 2.45. The van der Waals surface area contributed by atoms with Crippen LogP contribution in [0.15, 0.2) is 57.6 Å². The van der Waals surface area contributed by atoms with Crippen molar-refractivity contribution in [2.45, 2.75) is 46.4 Å². The van der Waals surface area contributed by atoms with Crippen LogP contribution in [0.3, 0.4) is 0 Å². The quantitative estimate of drug-likeness (QED) is 0.106. The molecule has 0 aliphatic heterocycles. The summed E-state index contributed by atoms with van der Waals surface area (Å²) in [6.07, 6.45) is 0.883. The molecule has 2 rings (SSSR count). The molecule has 0 amide bonds. The Balaban J connectivity index is 2.29. The second-order valence-electron chi connectivity index (χ2n) is 9.69. The number of ether oxygens (including phenoxy) is 1. The summed E-state index contributed by atoms with van der Waals surface area (Å²) in [6.45, 7) is 5.06. The minimum Gasteiger partial charge on any atom is -0.505 e. The van der Waals surface area contributed by atoms with Gasteiger partial charge in [-0.2, -0.15) is 0 Å². The van der Waals surface area contributed by atoms with E-state index in [9.17, 15) is 34.3 Å². The van der Waals surface area contributed by atoms with Crippen LogP contribution in [-0.2, 0) is 35.4 Å². The second-order valence-corrected chi connectivity index (χ2v) is 12.6. The van der Waals surface area contributed by atoms with Crippen LogP contribution in [0.4, 0.5) is 0 Å². The highest BCUT2D eigenvalue weighted by atomic mass is 32.2. The first kappa shape index (κ1) is 34.5. The molecule has 0 saturated carbocycles. The first-order valence-corrected chi connectivity index (χ1v) is 15.2. The van der Waals surface area contributed by atoms with Crippen molar-refractivity contribution >= 4 is 24.6 Å². The van der Waals surface area contributed by atoms with Gasteiger partial charge < -0.3 is 20.1 Å². The summed E-state index contributed by atoms with van der Waals surface area (Å²) in [5, 5.41) is 34.1. The van der Waals surface area contributed by atoms with Crippen LogP contribution in [-0.4, -0.2) is 62.7 Å². The molecule has 0 spiro atoms.